The van der Waals surface area contributed by atoms with Gasteiger partial charge in [0, 0.05) is 7.05 Å². The molecule has 0 saturated heterocycles. The fourth-order valence-corrected chi connectivity index (χ4v) is 3.62. The van der Waals surface area contributed by atoms with Gasteiger partial charge in [0.2, 0.25) is 11.8 Å². The molecule has 0 aliphatic rings. The number of carbonyl (C=O) groups is 2. The predicted molar refractivity (Wildman–Crippen MR) is 105 cm³/mol. The third kappa shape index (κ3) is 4.68. The number of hydrogen-bond acceptors (Lipinski definition) is 5. The number of carbonyl (C=O) groups excluding carboxylic acids is 2. The highest BCUT2D eigenvalue weighted by molar-refractivity contribution is 7.18. The molecule has 0 atom stereocenters. The highest BCUT2D eigenvalue weighted by Gasteiger charge is 2.16. The molecular formula is C20H18N4O2S. The van der Waals surface area contributed by atoms with Crippen molar-refractivity contribution in [2.75, 3.05) is 20.1 Å². The summed E-state index contributed by atoms with van der Waals surface area (Å²) in [6.07, 6.45) is 0.141. The highest BCUT2D eigenvalue weighted by Crippen LogP contribution is 2.28. The first-order valence-corrected chi connectivity index (χ1v) is 9.21. The standard InChI is InChI=1S/C20H18N4O2S/c1-24(13-18(25)22-10-9-21)20(26)12-19-23-16-8-7-15(11-17(16)27-19)14-5-3-2-4-6-14/h2-8,11H,10,12-13H2,1H3,(H,22,25). The number of likely N-dealkylation sites (N-methyl/N-ethyl adjacent to an activating group) is 1. The Hall–Kier alpha value is -3.24. The quantitative estimate of drug-likeness (QED) is 0.668. The van der Waals surface area contributed by atoms with Gasteiger partial charge in [0.1, 0.15) is 11.6 Å². The van der Waals surface area contributed by atoms with E-state index >= 15 is 0 Å². The molecule has 6 nitrogen and oxygen atoms in total. The molecule has 2 amide bonds. The largest absolute Gasteiger partial charge is 0.341 e. The van der Waals surface area contributed by atoms with Crippen molar-refractivity contribution in [2.45, 2.75) is 6.42 Å². The molecule has 0 saturated carbocycles. The van der Waals surface area contributed by atoms with E-state index in [0.717, 1.165) is 21.3 Å². The third-order valence-electron chi connectivity index (χ3n) is 4.01. The van der Waals surface area contributed by atoms with Gasteiger partial charge < -0.3 is 10.2 Å². The first kappa shape index (κ1) is 18.5. The van der Waals surface area contributed by atoms with Crippen LogP contribution in [0.3, 0.4) is 0 Å². The minimum absolute atomic E-state index is 0.0670. The van der Waals surface area contributed by atoms with Crippen LogP contribution < -0.4 is 5.32 Å². The van der Waals surface area contributed by atoms with Crippen LogP contribution in [0.15, 0.2) is 48.5 Å². The monoisotopic (exact) mass is 378 g/mol. The van der Waals surface area contributed by atoms with Gasteiger partial charge >= 0.3 is 0 Å². The summed E-state index contributed by atoms with van der Waals surface area (Å²) in [7, 11) is 1.56. The van der Waals surface area contributed by atoms with Crippen LogP contribution in [0.25, 0.3) is 21.3 Å². The van der Waals surface area contributed by atoms with E-state index < -0.39 is 0 Å². The Balaban J connectivity index is 1.69. The van der Waals surface area contributed by atoms with Crippen molar-refractivity contribution < 1.29 is 9.59 Å². The van der Waals surface area contributed by atoms with Gasteiger partial charge in [-0.05, 0) is 23.3 Å². The van der Waals surface area contributed by atoms with Crippen molar-refractivity contribution in [1.82, 2.24) is 15.2 Å². The maximum Gasteiger partial charge on any atom is 0.240 e. The molecule has 1 heterocycles. The van der Waals surface area contributed by atoms with Gasteiger partial charge in [-0.25, -0.2) is 4.98 Å². The molecule has 3 rings (SSSR count). The molecule has 1 aromatic heterocycles. The molecule has 0 bridgehead atoms. The van der Waals surface area contributed by atoms with Crippen molar-refractivity contribution in [1.29, 1.82) is 5.26 Å². The summed E-state index contributed by atoms with van der Waals surface area (Å²) < 4.78 is 1.02. The first-order valence-electron chi connectivity index (χ1n) is 8.39. The Morgan fingerprint density at radius 1 is 1.19 bits per heavy atom. The zero-order chi connectivity index (χ0) is 19.2. The number of amides is 2. The van der Waals surface area contributed by atoms with Gasteiger partial charge in [-0.3, -0.25) is 9.59 Å². The lowest BCUT2D eigenvalue weighted by Gasteiger charge is -2.15. The fourth-order valence-electron chi connectivity index (χ4n) is 2.62. The van der Waals surface area contributed by atoms with E-state index in [0.29, 0.717) is 5.01 Å². The van der Waals surface area contributed by atoms with Gasteiger partial charge in [0.15, 0.2) is 0 Å². The maximum atomic E-state index is 12.3. The normalized spacial score (nSPS) is 10.4. The summed E-state index contributed by atoms with van der Waals surface area (Å²) >= 11 is 1.48. The molecule has 0 unspecified atom stereocenters. The second-order valence-corrected chi connectivity index (χ2v) is 7.13. The lowest BCUT2D eigenvalue weighted by molar-refractivity contribution is -0.134. The van der Waals surface area contributed by atoms with Crippen LogP contribution in [-0.2, 0) is 16.0 Å². The zero-order valence-electron chi connectivity index (χ0n) is 14.8. The van der Waals surface area contributed by atoms with Crippen molar-refractivity contribution >= 4 is 33.4 Å². The molecule has 27 heavy (non-hydrogen) atoms. The lowest BCUT2D eigenvalue weighted by Crippen LogP contribution is -2.39. The summed E-state index contributed by atoms with van der Waals surface area (Å²) in [6, 6.07) is 18.0. The highest BCUT2D eigenvalue weighted by atomic mass is 32.1. The Kier molecular flexibility index (Phi) is 5.79. The minimum Gasteiger partial charge on any atom is -0.341 e. The van der Waals surface area contributed by atoms with Crippen LogP contribution in [0.2, 0.25) is 0 Å². The van der Waals surface area contributed by atoms with Crippen LogP contribution >= 0.6 is 11.3 Å². The second-order valence-electron chi connectivity index (χ2n) is 6.02. The molecule has 3 aromatic rings. The van der Waals surface area contributed by atoms with Gasteiger partial charge in [-0.1, -0.05) is 36.4 Å². The van der Waals surface area contributed by atoms with Crippen LogP contribution in [0.5, 0.6) is 0 Å². The summed E-state index contributed by atoms with van der Waals surface area (Å²) in [5, 5.41) is 11.6. The number of benzene rings is 2. The fraction of sp³-hybridized carbons (Fsp3) is 0.200. The SMILES string of the molecule is CN(CC(=O)NCC#N)C(=O)Cc1nc2ccc(-c3ccccc3)cc2s1. The topological polar surface area (TPSA) is 86.1 Å². The van der Waals surface area contributed by atoms with Crippen molar-refractivity contribution in [3.05, 3.63) is 53.5 Å². The number of nitrogens with zero attached hydrogens (tertiary/aromatic N) is 3. The second kappa shape index (κ2) is 8.43. The molecule has 0 aliphatic carbocycles. The van der Waals surface area contributed by atoms with Crippen molar-refractivity contribution in [3.8, 4) is 17.2 Å². The lowest BCUT2D eigenvalue weighted by atomic mass is 10.1. The van der Waals surface area contributed by atoms with Crippen LogP contribution in [0, 0.1) is 11.3 Å². The summed E-state index contributed by atoms with van der Waals surface area (Å²) in [4.78, 5) is 29.8. The number of aromatic nitrogens is 1. The maximum absolute atomic E-state index is 12.3. The third-order valence-corrected chi connectivity index (χ3v) is 5.03. The Morgan fingerprint density at radius 3 is 2.70 bits per heavy atom. The molecule has 7 heteroatoms. The number of hydrogen-bond donors (Lipinski definition) is 1. The van der Waals surface area contributed by atoms with Crippen molar-refractivity contribution in [3.63, 3.8) is 0 Å². The molecule has 0 radical (unpaired) electrons. The van der Waals surface area contributed by atoms with E-state index in [-0.39, 0.29) is 31.3 Å². The molecular weight excluding hydrogens is 360 g/mol. The zero-order valence-corrected chi connectivity index (χ0v) is 15.6. The summed E-state index contributed by atoms with van der Waals surface area (Å²) in [5.41, 5.74) is 3.10. The molecule has 0 fully saturated rings. The van der Waals surface area contributed by atoms with E-state index in [4.69, 9.17) is 5.26 Å². The van der Waals surface area contributed by atoms with E-state index in [2.05, 4.69) is 28.5 Å². The van der Waals surface area contributed by atoms with Crippen LogP contribution in [-0.4, -0.2) is 41.8 Å². The Bertz CT molecular complexity index is 1010. The number of nitriles is 1. The molecule has 136 valence electrons. The Morgan fingerprint density at radius 2 is 1.96 bits per heavy atom. The average Bonchev–Trinajstić information content (AvgIpc) is 3.08. The van der Waals surface area contributed by atoms with E-state index in [1.54, 1.807) is 7.05 Å². The predicted octanol–water partition coefficient (Wildman–Crippen LogP) is 2.60. The smallest absolute Gasteiger partial charge is 0.240 e. The molecule has 1 N–H and O–H groups in total. The van der Waals surface area contributed by atoms with E-state index in [9.17, 15) is 9.59 Å². The van der Waals surface area contributed by atoms with E-state index in [1.165, 1.54) is 16.2 Å². The van der Waals surface area contributed by atoms with E-state index in [1.807, 2.05) is 36.4 Å². The Labute approximate surface area is 161 Å². The number of nitrogens with one attached hydrogen (secondary N) is 1. The van der Waals surface area contributed by atoms with Crippen molar-refractivity contribution in [2.24, 2.45) is 0 Å². The summed E-state index contributed by atoms with van der Waals surface area (Å²) in [6.45, 7) is -0.147. The minimum atomic E-state index is -0.357. The van der Waals surface area contributed by atoms with Gasteiger partial charge in [-0.2, -0.15) is 5.26 Å². The van der Waals surface area contributed by atoms with Gasteiger partial charge in [0.05, 0.1) is 29.3 Å². The number of rotatable bonds is 6. The number of fused-ring (bicyclic) bond motifs is 1. The molecule has 0 aliphatic heterocycles. The average molecular weight is 378 g/mol. The first-order chi connectivity index (χ1) is 13.1. The molecule has 0 spiro atoms. The number of thiazole rings is 1. The molecule has 2 aromatic carbocycles. The van der Waals surface area contributed by atoms with Crippen LogP contribution in [0.1, 0.15) is 5.01 Å². The van der Waals surface area contributed by atoms with Gasteiger partial charge in [0.25, 0.3) is 0 Å². The van der Waals surface area contributed by atoms with Crippen LogP contribution in [0.4, 0.5) is 0 Å². The summed E-state index contributed by atoms with van der Waals surface area (Å²) in [5.74, 6) is -0.548. The van der Waals surface area contributed by atoms with Gasteiger partial charge in [-0.15, -0.1) is 11.3 Å².